The SMILES string of the molecule is CCCCCCCCCCC/C=C\CCCC(C=O)([N+](=O)[O-])[N+](=O)[O-]. The first-order chi connectivity index (χ1) is 12.0. The van der Waals surface area contributed by atoms with Gasteiger partial charge in [-0.3, -0.25) is 25.0 Å². The summed E-state index contributed by atoms with van der Waals surface area (Å²) < 4.78 is 0. The lowest BCUT2D eigenvalue weighted by atomic mass is 10.0. The summed E-state index contributed by atoms with van der Waals surface area (Å²) in [6.07, 6.45) is 16.6. The maximum absolute atomic E-state index is 10.8. The van der Waals surface area contributed by atoms with E-state index in [0.717, 1.165) is 12.8 Å². The van der Waals surface area contributed by atoms with Crippen LogP contribution in [0.5, 0.6) is 0 Å². The monoisotopic (exact) mass is 356 g/mol. The van der Waals surface area contributed by atoms with E-state index in [1.54, 1.807) is 0 Å². The van der Waals surface area contributed by atoms with E-state index in [1.807, 2.05) is 12.2 Å². The lowest BCUT2D eigenvalue weighted by Crippen LogP contribution is -2.47. The Morgan fingerprint density at radius 3 is 1.64 bits per heavy atom. The second-order valence-corrected chi connectivity index (χ2v) is 6.49. The highest BCUT2D eigenvalue weighted by molar-refractivity contribution is 5.59. The third-order valence-corrected chi connectivity index (χ3v) is 4.38. The Kier molecular flexibility index (Phi) is 13.5. The van der Waals surface area contributed by atoms with Crippen LogP contribution in [-0.4, -0.2) is 21.8 Å². The smallest absolute Gasteiger partial charge is 0.287 e. The van der Waals surface area contributed by atoms with Gasteiger partial charge in [-0.25, -0.2) is 0 Å². The molecule has 0 bridgehead atoms. The molecule has 0 saturated carbocycles. The molecule has 0 aromatic carbocycles. The fourth-order valence-corrected chi connectivity index (χ4v) is 2.68. The number of unbranched alkanes of at least 4 members (excludes halogenated alkanes) is 10. The molecule has 0 N–H and O–H groups in total. The van der Waals surface area contributed by atoms with E-state index in [-0.39, 0.29) is 19.1 Å². The van der Waals surface area contributed by atoms with Crippen molar-refractivity contribution in [1.82, 2.24) is 0 Å². The summed E-state index contributed by atoms with van der Waals surface area (Å²) in [6.45, 7) is 2.22. The molecule has 144 valence electrons. The number of rotatable bonds is 17. The topological polar surface area (TPSA) is 103 Å². The van der Waals surface area contributed by atoms with Crippen molar-refractivity contribution in [2.45, 2.75) is 96.1 Å². The van der Waals surface area contributed by atoms with E-state index in [9.17, 15) is 25.0 Å². The van der Waals surface area contributed by atoms with Crippen LogP contribution in [-0.2, 0) is 4.79 Å². The van der Waals surface area contributed by atoms with Gasteiger partial charge in [-0.2, -0.15) is 0 Å². The van der Waals surface area contributed by atoms with Crippen LogP contribution in [0.3, 0.4) is 0 Å². The van der Waals surface area contributed by atoms with Crippen LogP contribution in [0.1, 0.15) is 90.4 Å². The highest BCUT2D eigenvalue weighted by atomic mass is 16.7. The number of aldehydes is 1. The van der Waals surface area contributed by atoms with Crippen molar-refractivity contribution in [3.05, 3.63) is 32.4 Å². The van der Waals surface area contributed by atoms with E-state index >= 15 is 0 Å². The predicted molar refractivity (Wildman–Crippen MR) is 97.6 cm³/mol. The molecule has 0 rings (SSSR count). The van der Waals surface area contributed by atoms with Gasteiger partial charge in [0.2, 0.25) is 0 Å². The molecule has 0 saturated heterocycles. The van der Waals surface area contributed by atoms with Crippen LogP contribution in [0.25, 0.3) is 0 Å². The summed E-state index contributed by atoms with van der Waals surface area (Å²) >= 11 is 0. The van der Waals surface area contributed by atoms with Crippen molar-refractivity contribution >= 4 is 6.29 Å². The number of hydrogen-bond acceptors (Lipinski definition) is 5. The van der Waals surface area contributed by atoms with E-state index in [4.69, 9.17) is 0 Å². The zero-order chi connectivity index (χ0) is 19.0. The van der Waals surface area contributed by atoms with Gasteiger partial charge < -0.3 is 0 Å². The summed E-state index contributed by atoms with van der Waals surface area (Å²) in [5.74, 6) is 0. The highest BCUT2D eigenvalue weighted by Crippen LogP contribution is 2.17. The van der Waals surface area contributed by atoms with Crippen LogP contribution in [0.15, 0.2) is 12.2 Å². The van der Waals surface area contributed by atoms with Gasteiger partial charge in [-0.15, -0.1) is 0 Å². The fraction of sp³-hybridized carbons (Fsp3) is 0.833. The largest absolute Gasteiger partial charge is 0.512 e. The summed E-state index contributed by atoms with van der Waals surface area (Å²) in [6, 6.07) is 0. The average molecular weight is 356 g/mol. The van der Waals surface area contributed by atoms with Crippen molar-refractivity contribution in [1.29, 1.82) is 0 Å². The van der Waals surface area contributed by atoms with Crippen LogP contribution in [0.2, 0.25) is 0 Å². The lowest BCUT2D eigenvalue weighted by Gasteiger charge is -2.09. The third kappa shape index (κ3) is 9.94. The van der Waals surface area contributed by atoms with Gasteiger partial charge >= 0.3 is 5.66 Å². The second-order valence-electron chi connectivity index (χ2n) is 6.49. The Morgan fingerprint density at radius 1 is 0.760 bits per heavy atom. The Morgan fingerprint density at radius 2 is 1.20 bits per heavy atom. The zero-order valence-electron chi connectivity index (χ0n) is 15.4. The highest BCUT2D eigenvalue weighted by Gasteiger charge is 2.55. The fourth-order valence-electron chi connectivity index (χ4n) is 2.68. The zero-order valence-corrected chi connectivity index (χ0v) is 15.4. The first-order valence-electron chi connectivity index (χ1n) is 9.41. The minimum Gasteiger partial charge on any atom is -0.287 e. The van der Waals surface area contributed by atoms with E-state index in [0.29, 0.717) is 6.42 Å². The van der Waals surface area contributed by atoms with E-state index < -0.39 is 15.5 Å². The van der Waals surface area contributed by atoms with Crippen molar-refractivity contribution in [2.24, 2.45) is 0 Å². The van der Waals surface area contributed by atoms with Gasteiger partial charge in [0, 0.05) is 0 Å². The normalized spacial score (nSPS) is 11.7. The summed E-state index contributed by atoms with van der Waals surface area (Å²) in [4.78, 5) is 30.1. The molecule has 0 unspecified atom stereocenters. The predicted octanol–water partition coefficient (Wildman–Crippen LogP) is 5.08. The van der Waals surface area contributed by atoms with Crippen LogP contribution >= 0.6 is 0 Å². The van der Waals surface area contributed by atoms with Gasteiger partial charge in [0.1, 0.15) is 9.85 Å². The van der Waals surface area contributed by atoms with Crippen LogP contribution in [0, 0.1) is 20.2 Å². The maximum Gasteiger partial charge on any atom is 0.512 e. The van der Waals surface area contributed by atoms with E-state index in [2.05, 4.69) is 6.92 Å². The Labute approximate surface area is 150 Å². The Bertz CT molecular complexity index is 410. The number of nitrogens with zero attached hydrogens (tertiary/aromatic N) is 2. The van der Waals surface area contributed by atoms with Crippen molar-refractivity contribution in [3.63, 3.8) is 0 Å². The molecule has 0 amide bonds. The molecule has 25 heavy (non-hydrogen) atoms. The first kappa shape index (κ1) is 23.2. The quantitative estimate of drug-likeness (QED) is 0.0902. The van der Waals surface area contributed by atoms with Crippen LogP contribution in [0.4, 0.5) is 0 Å². The van der Waals surface area contributed by atoms with Gasteiger partial charge in [0.15, 0.2) is 0 Å². The minimum absolute atomic E-state index is 0.168. The molecule has 0 aliphatic carbocycles. The Balaban J connectivity index is 3.68. The summed E-state index contributed by atoms with van der Waals surface area (Å²) in [7, 11) is 0. The van der Waals surface area contributed by atoms with Gasteiger partial charge in [-0.1, -0.05) is 70.4 Å². The molecule has 7 nitrogen and oxygen atoms in total. The molecule has 7 heteroatoms. The second kappa shape index (κ2) is 14.5. The maximum atomic E-state index is 10.8. The molecule has 0 spiro atoms. The molecule has 0 fully saturated rings. The van der Waals surface area contributed by atoms with E-state index in [1.165, 1.54) is 51.4 Å². The van der Waals surface area contributed by atoms with Gasteiger partial charge in [-0.05, 0) is 25.7 Å². The van der Waals surface area contributed by atoms with Crippen molar-refractivity contribution in [2.75, 3.05) is 0 Å². The first-order valence-corrected chi connectivity index (χ1v) is 9.41. The molecule has 0 aliphatic rings. The van der Waals surface area contributed by atoms with Gasteiger partial charge in [0.25, 0.3) is 6.29 Å². The van der Waals surface area contributed by atoms with Gasteiger partial charge in [0.05, 0.1) is 6.42 Å². The van der Waals surface area contributed by atoms with Crippen molar-refractivity contribution < 1.29 is 14.6 Å². The molecular weight excluding hydrogens is 324 g/mol. The molecule has 0 aromatic rings. The number of carbonyl (C=O) groups is 1. The Hall–Kier alpha value is -1.79. The number of carbonyl (C=O) groups excluding carboxylic acids is 1. The molecule has 0 radical (unpaired) electrons. The lowest BCUT2D eigenvalue weighted by molar-refractivity contribution is -0.774. The average Bonchev–Trinajstić information content (AvgIpc) is 2.58. The molecule has 0 atom stereocenters. The number of hydrogen-bond donors (Lipinski definition) is 0. The van der Waals surface area contributed by atoms with Crippen LogP contribution < -0.4 is 0 Å². The minimum atomic E-state index is -2.69. The van der Waals surface area contributed by atoms with Crippen molar-refractivity contribution in [3.8, 4) is 0 Å². The standard InChI is InChI=1S/C18H32N2O5/c1-2-3-4-5-6-7-8-9-10-11-12-13-14-15-16-18(17-21,19(22)23)20(24)25/h12-13,17H,2-11,14-16H2,1H3/b13-12-. The summed E-state index contributed by atoms with van der Waals surface area (Å²) in [5, 5.41) is 21.5. The molecular formula is C18H32N2O5. The molecule has 0 heterocycles. The third-order valence-electron chi connectivity index (χ3n) is 4.38. The number of allylic oxidation sites excluding steroid dienone is 2. The molecule has 0 aliphatic heterocycles. The number of nitro groups is 2. The molecule has 0 aromatic heterocycles. The summed E-state index contributed by atoms with van der Waals surface area (Å²) in [5.41, 5.74) is -2.69.